The van der Waals surface area contributed by atoms with Crippen LogP contribution in [0.4, 0.5) is 0 Å². The van der Waals surface area contributed by atoms with Crippen molar-refractivity contribution >= 4 is 0 Å². The van der Waals surface area contributed by atoms with Gasteiger partial charge in [-0.1, -0.05) is 90.0 Å². The Morgan fingerprint density at radius 1 is 0.781 bits per heavy atom. The van der Waals surface area contributed by atoms with Gasteiger partial charge in [-0.05, 0) is 75.2 Å². The summed E-state index contributed by atoms with van der Waals surface area (Å²) in [6.45, 7) is 8.71. The van der Waals surface area contributed by atoms with Gasteiger partial charge in [0, 0.05) is 13.2 Å². The van der Waals surface area contributed by atoms with Gasteiger partial charge >= 0.3 is 0 Å². The summed E-state index contributed by atoms with van der Waals surface area (Å²) in [5.74, 6) is 0.777. The second kappa shape index (κ2) is 11.4. The van der Waals surface area contributed by atoms with Crippen LogP contribution in [0.2, 0.25) is 0 Å². The van der Waals surface area contributed by atoms with E-state index in [1.807, 2.05) is 0 Å². The normalized spacial score (nSPS) is 15.3. The van der Waals surface area contributed by atoms with Gasteiger partial charge in [-0.3, -0.25) is 0 Å². The fourth-order valence-corrected chi connectivity index (χ4v) is 4.65. The van der Waals surface area contributed by atoms with Gasteiger partial charge in [0.1, 0.15) is 6.10 Å². The third kappa shape index (κ3) is 6.54. The Hall–Kier alpha value is -2.42. The molecule has 0 saturated carbocycles. The van der Waals surface area contributed by atoms with E-state index in [2.05, 4.69) is 97.6 Å². The number of hydrogen-bond acceptors (Lipinski definition) is 2. The molecule has 0 aliphatic carbocycles. The van der Waals surface area contributed by atoms with Crippen LogP contribution in [0.25, 0.3) is 0 Å². The molecule has 1 fully saturated rings. The Morgan fingerprint density at radius 3 is 1.91 bits per heavy atom. The molecular weight excluding hydrogens is 390 g/mol. The zero-order valence-corrected chi connectivity index (χ0v) is 19.7. The maximum absolute atomic E-state index is 6.52. The highest BCUT2D eigenvalue weighted by Crippen LogP contribution is 2.28. The Kier molecular flexibility index (Phi) is 8.14. The minimum absolute atomic E-state index is 0.0159. The lowest BCUT2D eigenvalue weighted by Crippen LogP contribution is -2.35. The fraction of sp³-hybridized carbons (Fsp3) is 0.400. The number of nitrogens with zero attached hydrogens (tertiary/aromatic N) is 1. The molecule has 0 aromatic heterocycles. The molecule has 4 rings (SSSR count). The third-order valence-corrected chi connectivity index (χ3v) is 6.84. The zero-order valence-electron chi connectivity index (χ0n) is 19.7. The molecule has 1 aliphatic heterocycles. The Morgan fingerprint density at radius 2 is 1.34 bits per heavy atom. The van der Waals surface area contributed by atoms with Gasteiger partial charge in [-0.15, -0.1) is 0 Å². The van der Waals surface area contributed by atoms with Crippen molar-refractivity contribution in [1.29, 1.82) is 0 Å². The van der Waals surface area contributed by atoms with E-state index in [1.165, 1.54) is 60.3 Å². The van der Waals surface area contributed by atoms with Gasteiger partial charge in [-0.25, -0.2) is 0 Å². The van der Waals surface area contributed by atoms with Crippen LogP contribution in [0.15, 0.2) is 78.9 Å². The van der Waals surface area contributed by atoms with E-state index >= 15 is 0 Å². The molecule has 0 radical (unpaired) electrons. The number of ether oxygens (including phenoxy) is 1. The van der Waals surface area contributed by atoms with Crippen LogP contribution < -0.4 is 0 Å². The molecule has 0 atom stereocenters. The minimum atomic E-state index is 0.0159. The van der Waals surface area contributed by atoms with Crippen molar-refractivity contribution in [3.63, 3.8) is 0 Å². The van der Waals surface area contributed by atoms with Gasteiger partial charge < -0.3 is 9.64 Å². The molecule has 0 N–H and O–H groups in total. The highest BCUT2D eigenvalue weighted by molar-refractivity contribution is 5.33. The Labute approximate surface area is 194 Å². The lowest BCUT2D eigenvalue weighted by atomic mass is 9.93. The van der Waals surface area contributed by atoms with Crippen LogP contribution >= 0.6 is 0 Å². The van der Waals surface area contributed by atoms with Crippen LogP contribution in [0, 0.1) is 19.8 Å². The summed E-state index contributed by atoms with van der Waals surface area (Å²) in [6, 6.07) is 28.5. The molecular formula is C30H37NO. The maximum Gasteiger partial charge on any atom is 0.108 e. The minimum Gasteiger partial charge on any atom is -0.369 e. The molecule has 2 nitrogen and oxygen atoms in total. The molecule has 168 valence electrons. The predicted octanol–water partition coefficient (Wildman–Crippen LogP) is 6.75. The highest BCUT2D eigenvalue weighted by Gasteiger charge is 2.20. The number of rotatable bonds is 9. The number of aryl methyl sites for hydroxylation is 2. The number of hydrogen-bond donors (Lipinski definition) is 0. The van der Waals surface area contributed by atoms with E-state index in [-0.39, 0.29) is 6.10 Å². The molecule has 32 heavy (non-hydrogen) atoms. The number of benzene rings is 3. The summed E-state index contributed by atoms with van der Waals surface area (Å²) >= 11 is 0. The van der Waals surface area contributed by atoms with E-state index < -0.39 is 0 Å². The molecule has 3 aromatic rings. The van der Waals surface area contributed by atoms with Crippen molar-refractivity contribution < 1.29 is 4.74 Å². The molecule has 0 bridgehead atoms. The smallest absolute Gasteiger partial charge is 0.108 e. The van der Waals surface area contributed by atoms with E-state index in [9.17, 15) is 0 Å². The van der Waals surface area contributed by atoms with Crippen molar-refractivity contribution in [2.24, 2.45) is 5.92 Å². The van der Waals surface area contributed by atoms with Crippen molar-refractivity contribution in [1.82, 2.24) is 4.90 Å². The molecule has 1 heterocycles. The van der Waals surface area contributed by atoms with Crippen LogP contribution in [-0.2, 0) is 11.2 Å². The number of likely N-dealkylation sites (tertiary alicyclic amines) is 1. The van der Waals surface area contributed by atoms with Gasteiger partial charge in [0.05, 0.1) is 0 Å². The number of piperidine rings is 1. The second-order valence-electron chi connectivity index (χ2n) is 9.38. The molecule has 0 spiro atoms. The van der Waals surface area contributed by atoms with Gasteiger partial charge in [0.2, 0.25) is 0 Å². The quantitative estimate of drug-likeness (QED) is 0.374. The first-order valence-corrected chi connectivity index (χ1v) is 12.2. The van der Waals surface area contributed by atoms with Crippen molar-refractivity contribution in [2.75, 3.05) is 26.2 Å². The molecule has 1 saturated heterocycles. The molecule has 2 heteroatoms. The van der Waals surface area contributed by atoms with Crippen molar-refractivity contribution in [3.05, 3.63) is 107 Å². The van der Waals surface area contributed by atoms with Gasteiger partial charge in [0.15, 0.2) is 0 Å². The summed E-state index contributed by atoms with van der Waals surface area (Å²) < 4.78 is 6.52. The van der Waals surface area contributed by atoms with Gasteiger partial charge in [0.25, 0.3) is 0 Å². The van der Waals surface area contributed by atoms with Crippen molar-refractivity contribution in [2.45, 2.75) is 45.6 Å². The largest absolute Gasteiger partial charge is 0.369 e. The summed E-state index contributed by atoms with van der Waals surface area (Å²) in [5, 5.41) is 0. The fourth-order valence-electron chi connectivity index (χ4n) is 4.65. The van der Waals surface area contributed by atoms with Crippen LogP contribution in [0.1, 0.15) is 53.2 Å². The Balaban J connectivity index is 1.26. The first kappa shape index (κ1) is 22.8. The van der Waals surface area contributed by atoms with Crippen LogP contribution in [-0.4, -0.2) is 31.1 Å². The lowest BCUT2D eigenvalue weighted by Gasteiger charge is -2.32. The highest BCUT2D eigenvalue weighted by atomic mass is 16.5. The topological polar surface area (TPSA) is 12.5 Å². The average Bonchev–Trinajstić information content (AvgIpc) is 2.83. The second-order valence-corrected chi connectivity index (χ2v) is 9.38. The zero-order chi connectivity index (χ0) is 22.2. The monoisotopic (exact) mass is 427 g/mol. The van der Waals surface area contributed by atoms with E-state index in [4.69, 9.17) is 4.74 Å². The van der Waals surface area contributed by atoms with Crippen LogP contribution in [0.5, 0.6) is 0 Å². The first-order chi connectivity index (χ1) is 15.7. The van der Waals surface area contributed by atoms with Gasteiger partial charge in [-0.2, -0.15) is 0 Å². The van der Waals surface area contributed by atoms with E-state index in [0.717, 1.165) is 25.4 Å². The molecule has 0 unspecified atom stereocenters. The van der Waals surface area contributed by atoms with E-state index in [0.29, 0.717) is 0 Å². The Bertz CT molecular complexity index is 879. The SMILES string of the molecule is Cc1ccc(C(OCCC2CCN(CCc3ccccc3)CC2)c2ccc(C)cc2)cc1. The summed E-state index contributed by atoms with van der Waals surface area (Å²) in [5.41, 5.74) is 6.51. The maximum atomic E-state index is 6.52. The summed E-state index contributed by atoms with van der Waals surface area (Å²) in [7, 11) is 0. The van der Waals surface area contributed by atoms with E-state index in [1.54, 1.807) is 0 Å². The summed E-state index contributed by atoms with van der Waals surface area (Å²) in [4.78, 5) is 2.63. The summed E-state index contributed by atoms with van der Waals surface area (Å²) in [6.07, 6.45) is 4.90. The average molecular weight is 428 g/mol. The van der Waals surface area contributed by atoms with Crippen LogP contribution in [0.3, 0.4) is 0 Å². The predicted molar refractivity (Wildman–Crippen MR) is 134 cm³/mol. The third-order valence-electron chi connectivity index (χ3n) is 6.84. The molecule has 1 aliphatic rings. The standard InChI is InChI=1S/C30H37NO/c1-24-8-12-28(13-9-24)30(29-14-10-25(2)11-15-29)32-23-19-27-17-21-31(22-18-27)20-16-26-6-4-3-5-7-26/h3-15,27,30H,16-23H2,1-2H3. The molecule has 3 aromatic carbocycles. The van der Waals surface area contributed by atoms with Crippen molar-refractivity contribution in [3.8, 4) is 0 Å². The first-order valence-electron chi connectivity index (χ1n) is 12.2. The lowest BCUT2D eigenvalue weighted by molar-refractivity contribution is 0.0603. The molecule has 0 amide bonds.